The van der Waals surface area contributed by atoms with E-state index in [1.54, 1.807) is 24.3 Å². The molecule has 0 aromatic heterocycles. The predicted molar refractivity (Wildman–Crippen MR) is 87.4 cm³/mol. The molecular weight excluding hydrogens is 272 g/mol. The van der Waals surface area contributed by atoms with E-state index >= 15 is 0 Å². The summed E-state index contributed by atoms with van der Waals surface area (Å²) in [6.45, 7) is 0. The Balaban J connectivity index is 1.71. The molecule has 3 rings (SSSR count). The van der Waals surface area contributed by atoms with Gasteiger partial charge in [0, 0.05) is 5.69 Å². The lowest BCUT2D eigenvalue weighted by Crippen LogP contribution is -2.14. The van der Waals surface area contributed by atoms with Gasteiger partial charge in [0.2, 0.25) is 5.91 Å². The standard InChI is InChI=1S/C19H14N2O/c20-13-14-6-9-18(10-7-14)21-19(22)12-15-5-8-16-3-1-2-4-17(16)11-15/h1-11H,12H2,(H,21,22). The fourth-order valence-corrected chi connectivity index (χ4v) is 2.37. The highest BCUT2D eigenvalue weighted by molar-refractivity contribution is 5.93. The molecule has 0 bridgehead atoms. The smallest absolute Gasteiger partial charge is 0.228 e. The Kier molecular flexibility index (Phi) is 3.84. The molecule has 0 fully saturated rings. The van der Waals surface area contributed by atoms with E-state index in [4.69, 9.17) is 5.26 Å². The Morgan fingerprint density at radius 1 is 0.955 bits per heavy atom. The van der Waals surface area contributed by atoms with Gasteiger partial charge in [0.1, 0.15) is 0 Å². The summed E-state index contributed by atoms with van der Waals surface area (Å²) in [5.41, 5.74) is 2.25. The highest BCUT2D eigenvalue weighted by Gasteiger charge is 2.05. The molecule has 0 saturated carbocycles. The van der Waals surface area contributed by atoms with Gasteiger partial charge in [0.05, 0.1) is 18.1 Å². The second-order valence-corrected chi connectivity index (χ2v) is 5.10. The lowest BCUT2D eigenvalue weighted by atomic mass is 10.0. The third-order valence-corrected chi connectivity index (χ3v) is 3.48. The zero-order valence-corrected chi connectivity index (χ0v) is 11.9. The number of fused-ring (bicyclic) bond motifs is 1. The summed E-state index contributed by atoms with van der Waals surface area (Å²) in [4.78, 5) is 12.1. The molecule has 0 aliphatic carbocycles. The summed E-state index contributed by atoms with van der Waals surface area (Å²) in [6.07, 6.45) is 0.324. The maximum atomic E-state index is 12.1. The van der Waals surface area contributed by atoms with Crippen LogP contribution >= 0.6 is 0 Å². The van der Waals surface area contributed by atoms with E-state index in [1.165, 1.54) is 5.39 Å². The number of hydrogen-bond donors (Lipinski definition) is 1. The molecule has 0 aliphatic rings. The van der Waals surface area contributed by atoms with Crippen LogP contribution in [0.4, 0.5) is 5.69 Å². The van der Waals surface area contributed by atoms with Crippen molar-refractivity contribution in [2.24, 2.45) is 0 Å². The van der Waals surface area contributed by atoms with Gasteiger partial charge in [-0.15, -0.1) is 0 Å². The number of carbonyl (C=O) groups excluding carboxylic acids is 1. The summed E-state index contributed by atoms with van der Waals surface area (Å²) in [7, 11) is 0. The van der Waals surface area contributed by atoms with Crippen molar-refractivity contribution in [3.8, 4) is 6.07 Å². The van der Waals surface area contributed by atoms with Crippen LogP contribution in [0.3, 0.4) is 0 Å². The summed E-state index contributed by atoms with van der Waals surface area (Å²) < 4.78 is 0. The minimum atomic E-state index is -0.0695. The molecule has 0 atom stereocenters. The van der Waals surface area contributed by atoms with Gasteiger partial charge in [-0.3, -0.25) is 4.79 Å². The Morgan fingerprint density at radius 3 is 2.41 bits per heavy atom. The number of anilines is 1. The summed E-state index contributed by atoms with van der Waals surface area (Å²) in [6, 6.07) is 23.0. The minimum Gasteiger partial charge on any atom is -0.326 e. The maximum absolute atomic E-state index is 12.1. The van der Waals surface area contributed by atoms with Gasteiger partial charge in [-0.2, -0.15) is 5.26 Å². The second kappa shape index (κ2) is 6.11. The molecule has 22 heavy (non-hydrogen) atoms. The molecule has 0 saturated heterocycles. The van der Waals surface area contributed by atoms with Gasteiger partial charge in [-0.1, -0.05) is 42.5 Å². The summed E-state index contributed by atoms with van der Waals surface area (Å²) >= 11 is 0. The van der Waals surface area contributed by atoms with E-state index in [9.17, 15) is 4.79 Å². The van der Waals surface area contributed by atoms with E-state index in [1.807, 2.05) is 36.4 Å². The third kappa shape index (κ3) is 3.13. The van der Waals surface area contributed by atoms with Crippen LogP contribution in [0.5, 0.6) is 0 Å². The van der Waals surface area contributed by atoms with Crippen LogP contribution in [0, 0.1) is 11.3 Å². The average molecular weight is 286 g/mol. The zero-order chi connectivity index (χ0) is 15.4. The fourth-order valence-electron chi connectivity index (χ4n) is 2.37. The van der Waals surface area contributed by atoms with Gasteiger partial charge in [0.25, 0.3) is 0 Å². The van der Waals surface area contributed by atoms with E-state index in [-0.39, 0.29) is 5.91 Å². The molecule has 0 unspecified atom stereocenters. The molecule has 3 nitrogen and oxygen atoms in total. The summed E-state index contributed by atoms with van der Waals surface area (Å²) in [5.74, 6) is -0.0695. The quantitative estimate of drug-likeness (QED) is 0.794. The Morgan fingerprint density at radius 2 is 1.68 bits per heavy atom. The SMILES string of the molecule is N#Cc1ccc(NC(=O)Cc2ccc3ccccc3c2)cc1. The molecule has 0 heterocycles. The molecule has 3 heteroatoms. The zero-order valence-electron chi connectivity index (χ0n) is 11.9. The van der Waals surface area contributed by atoms with Crippen molar-refractivity contribution in [3.05, 3.63) is 77.9 Å². The Hall–Kier alpha value is -3.12. The average Bonchev–Trinajstić information content (AvgIpc) is 2.55. The molecule has 1 amide bonds. The third-order valence-electron chi connectivity index (χ3n) is 3.48. The largest absolute Gasteiger partial charge is 0.326 e. The molecule has 1 N–H and O–H groups in total. The van der Waals surface area contributed by atoms with E-state index < -0.39 is 0 Å². The van der Waals surface area contributed by atoms with Crippen molar-refractivity contribution < 1.29 is 4.79 Å². The number of rotatable bonds is 3. The van der Waals surface area contributed by atoms with Crippen molar-refractivity contribution in [3.63, 3.8) is 0 Å². The Labute approximate surface area is 128 Å². The Bertz CT molecular complexity index is 860. The van der Waals surface area contributed by atoms with E-state index in [0.717, 1.165) is 10.9 Å². The van der Waals surface area contributed by atoms with Gasteiger partial charge in [-0.25, -0.2) is 0 Å². The lowest BCUT2D eigenvalue weighted by molar-refractivity contribution is -0.115. The predicted octanol–water partition coefficient (Wildman–Crippen LogP) is 3.89. The second-order valence-electron chi connectivity index (χ2n) is 5.10. The lowest BCUT2D eigenvalue weighted by Gasteiger charge is -2.06. The molecule has 0 aliphatic heterocycles. The van der Waals surface area contributed by atoms with Crippen molar-refractivity contribution in [2.75, 3.05) is 5.32 Å². The molecule has 106 valence electrons. The van der Waals surface area contributed by atoms with E-state index in [2.05, 4.69) is 17.5 Å². The first-order chi connectivity index (χ1) is 10.7. The number of hydrogen-bond acceptors (Lipinski definition) is 2. The maximum Gasteiger partial charge on any atom is 0.228 e. The van der Waals surface area contributed by atoms with Gasteiger partial charge in [-0.05, 0) is 40.6 Å². The van der Waals surface area contributed by atoms with Gasteiger partial charge in [0.15, 0.2) is 0 Å². The minimum absolute atomic E-state index is 0.0695. The van der Waals surface area contributed by atoms with Gasteiger partial charge >= 0.3 is 0 Å². The van der Waals surface area contributed by atoms with Crippen molar-refractivity contribution >= 4 is 22.4 Å². The number of nitrogens with zero attached hydrogens (tertiary/aromatic N) is 1. The van der Waals surface area contributed by atoms with Crippen molar-refractivity contribution in [1.29, 1.82) is 5.26 Å². The first kappa shape index (κ1) is 13.8. The van der Waals surface area contributed by atoms with Gasteiger partial charge < -0.3 is 5.32 Å². The number of nitriles is 1. The topological polar surface area (TPSA) is 52.9 Å². The number of benzene rings is 3. The highest BCUT2D eigenvalue weighted by Crippen LogP contribution is 2.16. The summed E-state index contributed by atoms with van der Waals surface area (Å²) in [5, 5.41) is 13.9. The van der Waals surface area contributed by atoms with Crippen LogP contribution in [-0.2, 0) is 11.2 Å². The number of carbonyl (C=O) groups is 1. The van der Waals surface area contributed by atoms with Crippen LogP contribution in [0.15, 0.2) is 66.7 Å². The van der Waals surface area contributed by atoms with Crippen LogP contribution in [0.2, 0.25) is 0 Å². The molecule has 0 spiro atoms. The first-order valence-electron chi connectivity index (χ1n) is 7.02. The normalized spacial score (nSPS) is 10.1. The highest BCUT2D eigenvalue weighted by atomic mass is 16.1. The van der Waals surface area contributed by atoms with Crippen molar-refractivity contribution in [2.45, 2.75) is 6.42 Å². The molecule has 3 aromatic rings. The molecule has 3 aromatic carbocycles. The number of nitrogens with one attached hydrogen (secondary N) is 1. The fraction of sp³-hybridized carbons (Fsp3) is 0.0526. The van der Waals surface area contributed by atoms with E-state index in [0.29, 0.717) is 17.7 Å². The molecular formula is C19H14N2O. The van der Waals surface area contributed by atoms with Crippen molar-refractivity contribution in [1.82, 2.24) is 0 Å². The monoisotopic (exact) mass is 286 g/mol. The van der Waals surface area contributed by atoms with Crippen LogP contribution < -0.4 is 5.32 Å². The van der Waals surface area contributed by atoms with Crippen LogP contribution in [0.25, 0.3) is 10.8 Å². The van der Waals surface area contributed by atoms with Crippen LogP contribution in [-0.4, -0.2) is 5.91 Å². The van der Waals surface area contributed by atoms with Crippen LogP contribution in [0.1, 0.15) is 11.1 Å². The number of amides is 1. The molecule has 0 radical (unpaired) electrons. The first-order valence-corrected chi connectivity index (χ1v) is 7.02.